The number of pyridine rings is 2. The van der Waals surface area contributed by atoms with Crippen LogP contribution in [0.1, 0.15) is 25.3 Å². The average Bonchev–Trinajstić information content (AvgIpc) is 3.91. The van der Waals surface area contributed by atoms with Gasteiger partial charge in [0, 0.05) is 29.7 Å². The van der Waals surface area contributed by atoms with Gasteiger partial charge in [-0.25, -0.2) is 19.9 Å². The number of nitrogens with zero attached hydrogens (tertiary/aromatic N) is 7. The monoisotopic (exact) mass is 768 g/mol. The largest absolute Gasteiger partial charge is 0.493 e. The highest BCUT2D eigenvalue weighted by atomic mass is 32.2. The summed E-state index contributed by atoms with van der Waals surface area (Å²) in [4.78, 5) is 30.3. The summed E-state index contributed by atoms with van der Waals surface area (Å²) in [5.41, 5.74) is 2.00. The molecule has 5 heterocycles. The fourth-order valence-corrected chi connectivity index (χ4v) is 6.01. The number of anilines is 2. The number of carbonyl (C=O) groups excluding carboxylic acids is 1. The van der Waals surface area contributed by atoms with Crippen LogP contribution >= 0.6 is 0 Å². The molecule has 0 atom stereocenters. The average molecular weight is 769 g/mol. The maximum atomic E-state index is 13.9. The highest BCUT2D eigenvalue weighted by Crippen LogP contribution is 2.42. The molecule has 1 aliphatic heterocycles. The Bertz CT molecular complexity index is 2420. The molecule has 0 radical (unpaired) electrons. The number of benzene rings is 2. The molecule has 20 heteroatoms. The van der Waals surface area contributed by atoms with Gasteiger partial charge in [-0.15, -0.1) is 5.10 Å². The van der Waals surface area contributed by atoms with Gasteiger partial charge in [-0.3, -0.25) is 15.0 Å². The van der Waals surface area contributed by atoms with E-state index in [1.165, 1.54) is 25.6 Å². The number of para-hydroxylation sites is 2. The van der Waals surface area contributed by atoms with Crippen molar-refractivity contribution in [2.45, 2.75) is 24.8 Å². The molecule has 0 spiro atoms. The molecule has 0 fully saturated rings. The summed E-state index contributed by atoms with van der Waals surface area (Å²) in [7, 11) is -2.92. The van der Waals surface area contributed by atoms with Crippen molar-refractivity contribution < 1.29 is 41.6 Å². The molecule has 4 aromatic heterocycles. The predicted octanol–water partition coefficient (Wildman–Crippen LogP) is 5.20. The lowest BCUT2D eigenvalue weighted by Crippen LogP contribution is -2.19. The fraction of sp³-hybridized carbons (Fsp3) is 0.200. The summed E-state index contributed by atoms with van der Waals surface area (Å²) in [6.45, 7) is 3.52. The Labute approximate surface area is 313 Å². The minimum atomic E-state index is -4.37. The summed E-state index contributed by atoms with van der Waals surface area (Å²) in [6, 6.07) is 17.8. The van der Waals surface area contributed by atoms with Crippen LogP contribution in [-0.2, 0) is 14.8 Å². The number of nitrogens with one attached hydrogen (secondary N) is 3. The molecule has 0 aliphatic carbocycles. The first-order valence-corrected chi connectivity index (χ1v) is 18.0. The van der Waals surface area contributed by atoms with Crippen molar-refractivity contribution in [2.24, 2.45) is 0 Å². The van der Waals surface area contributed by atoms with Crippen LogP contribution in [0.4, 0.5) is 16.3 Å². The SMILES string of the molecule is COc1ccccc1Oc1c(NS(=O)(=O)c2ccc(C(C)C)cn2)nc(-c2ccnc(-c3nnn[nH]3)c2)nc1OCCOC(=O)Nc1ccc2c(c1)OCO2. The number of carbonyl (C=O) groups is 1. The lowest BCUT2D eigenvalue weighted by Gasteiger charge is -2.18. The van der Waals surface area contributed by atoms with E-state index >= 15 is 0 Å². The van der Waals surface area contributed by atoms with Gasteiger partial charge >= 0.3 is 6.09 Å². The van der Waals surface area contributed by atoms with Crippen LogP contribution < -0.4 is 33.7 Å². The van der Waals surface area contributed by atoms with Crippen LogP contribution in [0.5, 0.6) is 34.6 Å². The number of hydrogen-bond donors (Lipinski definition) is 3. The van der Waals surface area contributed by atoms with Crippen LogP contribution in [0.3, 0.4) is 0 Å². The molecule has 55 heavy (non-hydrogen) atoms. The number of aromatic amines is 1. The molecule has 0 saturated carbocycles. The standard InChI is InChI=1S/C35H32N10O9S/c1-20(2)22-8-11-29(37-18-22)55(47,48)43-33-30(54-27-7-5-4-6-25(27)49-3)34(40-31(39-33)21-12-13-36-24(16-21)32-41-44-45-42-32)50-14-15-51-35(46)38-23-9-10-26-28(17-23)53-19-52-26/h4-13,16-18,20H,14-15,19H2,1-3H3,(H,38,46)(H,39,40,43)(H,41,42,44,45). The quantitative estimate of drug-likeness (QED) is 0.121. The number of fused-ring (bicyclic) bond motifs is 1. The lowest BCUT2D eigenvalue weighted by atomic mass is 10.1. The van der Waals surface area contributed by atoms with E-state index in [2.05, 4.69) is 50.6 Å². The molecule has 19 nitrogen and oxygen atoms in total. The predicted molar refractivity (Wildman–Crippen MR) is 194 cm³/mol. The molecule has 3 N–H and O–H groups in total. The zero-order valence-electron chi connectivity index (χ0n) is 29.4. The molecule has 0 unspecified atom stereocenters. The van der Waals surface area contributed by atoms with E-state index in [4.69, 9.17) is 28.4 Å². The topological polar surface area (TPSA) is 237 Å². The number of sulfonamides is 1. The molecule has 282 valence electrons. The number of amides is 1. The second-order valence-electron chi connectivity index (χ2n) is 11.8. The summed E-state index contributed by atoms with van der Waals surface area (Å²) in [6.07, 6.45) is 2.20. The summed E-state index contributed by atoms with van der Waals surface area (Å²) >= 11 is 0. The Morgan fingerprint density at radius 3 is 2.56 bits per heavy atom. The molecule has 1 amide bonds. The molecular weight excluding hydrogens is 737 g/mol. The molecule has 1 aliphatic rings. The Hall–Kier alpha value is -7.09. The second kappa shape index (κ2) is 15.9. The van der Waals surface area contributed by atoms with Crippen LogP contribution in [0.15, 0.2) is 84.1 Å². The first-order valence-electron chi connectivity index (χ1n) is 16.6. The zero-order valence-corrected chi connectivity index (χ0v) is 30.2. The number of rotatable bonds is 14. The summed E-state index contributed by atoms with van der Waals surface area (Å²) < 4.78 is 64.0. The van der Waals surface area contributed by atoms with Crippen molar-refractivity contribution in [2.75, 3.05) is 37.2 Å². The van der Waals surface area contributed by atoms with E-state index < -0.39 is 16.1 Å². The minimum absolute atomic E-state index is 0.000727. The van der Waals surface area contributed by atoms with Gasteiger partial charge in [0.15, 0.2) is 45.5 Å². The highest BCUT2D eigenvalue weighted by Gasteiger charge is 2.27. The number of aromatic nitrogens is 8. The Morgan fingerprint density at radius 2 is 1.80 bits per heavy atom. The van der Waals surface area contributed by atoms with Gasteiger partial charge < -0.3 is 28.4 Å². The first kappa shape index (κ1) is 36.3. The Balaban J connectivity index is 1.23. The van der Waals surface area contributed by atoms with E-state index in [0.717, 1.165) is 5.56 Å². The van der Waals surface area contributed by atoms with Crippen molar-refractivity contribution in [1.29, 1.82) is 0 Å². The van der Waals surface area contributed by atoms with Crippen molar-refractivity contribution in [3.63, 3.8) is 0 Å². The number of ether oxygens (including phenoxy) is 6. The number of H-pyrrole nitrogens is 1. The third-order valence-corrected chi connectivity index (χ3v) is 9.08. The molecule has 7 rings (SSSR count). The van der Waals surface area contributed by atoms with Gasteiger partial charge in [0.25, 0.3) is 15.9 Å². The van der Waals surface area contributed by atoms with E-state index in [0.29, 0.717) is 34.2 Å². The van der Waals surface area contributed by atoms with E-state index in [9.17, 15) is 13.2 Å². The van der Waals surface area contributed by atoms with Gasteiger partial charge in [0.2, 0.25) is 12.5 Å². The highest BCUT2D eigenvalue weighted by molar-refractivity contribution is 7.92. The van der Waals surface area contributed by atoms with Gasteiger partial charge in [-0.05, 0) is 64.4 Å². The van der Waals surface area contributed by atoms with Gasteiger partial charge in [0.05, 0.1) is 7.11 Å². The Morgan fingerprint density at radius 1 is 0.964 bits per heavy atom. The molecule has 0 saturated heterocycles. The van der Waals surface area contributed by atoms with Crippen LogP contribution in [0.25, 0.3) is 22.9 Å². The number of hydrogen-bond acceptors (Lipinski definition) is 16. The van der Waals surface area contributed by atoms with E-state index in [1.807, 2.05) is 13.8 Å². The van der Waals surface area contributed by atoms with Crippen molar-refractivity contribution >= 4 is 27.6 Å². The lowest BCUT2D eigenvalue weighted by molar-refractivity contribution is 0.135. The van der Waals surface area contributed by atoms with E-state index in [-0.39, 0.29) is 65.8 Å². The molecule has 2 aromatic carbocycles. The number of tetrazole rings is 1. The number of methoxy groups -OCH3 is 1. The van der Waals surface area contributed by atoms with Gasteiger partial charge in [-0.1, -0.05) is 32.0 Å². The summed E-state index contributed by atoms with van der Waals surface area (Å²) in [5.74, 6) is 1.20. The maximum Gasteiger partial charge on any atom is 0.411 e. The van der Waals surface area contributed by atoms with Crippen LogP contribution in [0.2, 0.25) is 0 Å². The van der Waals surface area contributed by atoms with Gasteiger partial charge in [0.1, 0.15) is 18.9 Å². The zero-order chi connectivity index (χ0) is 38.4. The van der Waals surface area contributed by atoms with Gasteiger partial charge in [-0.2, -0.15) is 13.4 Å². The summed E-state index contributed by atoms with van der Waals surface area (Å²) in [5, 5.41) is 16.1. The maximum absolute atomic E-state index is 13.9. The third kappa shape index (κ3) is 8.43. The normalized spacial score (nSPS) is 11.9. The van der Waals surface area contributed by atoms with E-state index in [1.54, 1.807) is 60.7 Å². The smallest absolute Gasteiger partial charge is 0.411 e. The van der Waals surface area contributed by atoms with Crippen LogP contribution in [-0.4, -0.2) is 82.2 Å². The first-order chi connectivity index (χ1) is 26.7. The van der Waals surface area contributed by atoms with Crippen LogP contribution in [0, 0.1) is 0 Å². The molecule has 0 bridgehead atoms. The van der Waals surface area contributed by atoms with Crippen molar-refractivity contribution in [1.82, 2.24) is 40.6 Å². The van der Waals surface area contributed by atoms with Crippen molar-refractivity contribution in [3.8, 4) is 57.5 Å². The minimum Gasteiger partial charge on any atom is -0.493 e. The molecular formula is C35H32N10O9S. The van der Waals surface area contributed by atoms with Crippen molar-refractivity contribution in [3.05, 3.63) is 84.7 Å². The Kier molecular flexibility index (Phi) is 10.5. The third-order valence-electron chi connectivity index (χ3n) is 7.83. The molecule has 6 aromatic rings. The fourth-order valence-electron chi connectivity index (χ4n) is 5.07. The second-order valence-corrected chi connectivity index (χ2v) is 13.5.